The van der Waals surface area contributed by atoms with E-state index in [2.05, 4.69) is 13.8 Å². The van der Waals surface area contributed by atoms with Crippen LogP contribution in [0.5, 0.6) is 0 Å². The minimum atomic E-state index is -0.223. The van der Waals surface area contributed by atoms with Gasteiger partial charge in [-0.1, -0.05) is 37.1 Å². The zero-order valence-electron chi connectivity index (χ0n) is 9.14. The molecule has 0 amide bonds. The summed E-state index contributed by atoms with van der Waals surface area (Å²) in [5.41, 5.74) is 2.92. The number of benzene rings is 1. The molecule has 0 aliphatic heterocycles. The molecule has 1 aromatic carbocycles. The minimum Gasteiger partial charge on any atom is -0.206 e. The monoisotopic (exact) mass is 224 g/mol. The molecule has 0 nitrogen and oxygen atoms in total. The van der Waals surface area contributed by atoms with Crippen molar-refractivity contribution < 1.29 is 4.39 Å². The number of halogens is 2. The van der Waals surface area contributed by atoms with Gasteiger partial charge in [-0.15, -0.1) is 0 Å². The molecule has 0 N–H and O–H groups in total. The molecule has 0 spiro atoms. The Labute approximate surface area is 94.8 Å². The minimum absolute atomic E-state index is 0.223. The van der Waals surface area contributed by atoms with Crippen LogP contribution >= 0.6 is 11.6 Å². The second-order valence-corrected chi connectivity index (χ2v) is 4.66. The van der Waals surface area contributed by atoms with Crippen LogP contribution in [0.3, 0.4) is 0 Å². The summed E-state index contributed by atoms with van der Waals surface area (Å²) < 4.78 is 13.6. The number of allylic oxidation sites excluding steroid dienone is 2. The Morgan fingerprint density at radius 2 is 1.87 bits per heavy atom. The summed E-state index contributed by atoms with van der Waals surface area (Å²) in [7, 11) is 0. The molecule has 1 saturated carbocycles. The van der Waals surface area contributed by atoms with Crippen LogP contribution in [-0.2, 0) is 0 Å². The Balaban J connectivity index is 2.52. The molecule has 2 rings (SSSR count). The first-order valence-electron chi connectivity index (χ1n) is 5.19. The highest BCUT2D eigenvalue weighted by Gasteiger charge is 2.38. The van der Waals surface area contributed by atoms with Gasteiger partial charge < -0.3 is 0 Å². The Kier molecular flexibility index (Phi) is 2.59. The van der Waals surface area contributed by atoms with Crippen molar-refractivity contribution in [2.45, 2.75) is 20.8 Å². The second-order valence-electron chi connectivity index (χ2n) is 4.25. The van der Waals surface area contributed by atoms with Gasteiger partial charge in [0, 0.05) is 5.56 Å². The van der Waals surface area contributed by atoms with Crippen LogP contribution in [0, 0.1) is 17.7 Å². The average molecular weight is 225 g/mol. The highest BCUT2D eigenvalue weighted by Crippen LogP contribution is 2.50. The van der Waals surface area contributed by atoms with E-state index in [4.69, 9.17) is 11.6 Å². The summed E-state index contributed by atoms with van der Waals surface area (Å²) in [6.45, 7) is 6.29. The van der Waals surface area contributed by atoms with E-state index in [0.29, 0.717) is 22.4 Å². The van der Waals surface area contributed by atoms with Gasteiger partial charge in [0.25, 0.3) is 0 Å². The third-order valence-corrected chi connectivity index (χ3v) is 3.71. The van der Waals surface area contributed by atoms with Crippen LogP contribution < -0.4 is 0 Å². The van der Waals surface area contributed by atoms with E-state index in [0.717, 1.165) is 5.57 Å². The fourth-order valence-electron chi connectivity index (χ4n) is 2.25. The SMILES string of the molecule is CC(=C1C(C)C1C)c1c(F)cccc1Cl. The van der Waals surface area contributed by atoms with Gasteiger partial charge in [-0.25, -0.2) is 4.39 Å². The Bertz CT molecular complexity index is 404. The van der Waals surface area contributed by atoms with E-state index < -0.39 is 0 Å². The van der Waals surface area contributed by atoms with E-state index in [9.17, 15) is 4.39 Å². The fraction of sp³-hybridized carbons (Fsp3) is 0.385. The quantitative estimate of drug-likeness (QED) is 0.657. The van der Waals surface area contributed by atoms with Crippen molar-refractivity contribution in [3.05, 3.63) is 40.2 Å². The number of hydrogen-bond acceptors (Lipinski definition) is 0. The Morgan fingerprint density at radius 3 is 2.33 bits per heavy atom. The lowest BCUT2D eigenvalue weighted by Crippen LogP contribution is -1.88. The topological polar surface area (TPSA) is 0 Å². The van der Waals surface area contributed by atoms with Crippen LogP contribution in [0.1, 0.15) is 26.3 Å². The maximum Gasteiger partial charge on any atom is 0.132 e. The smallest absolute Gasteiger partial charge is 0.132 e. The van der Waals surface area contributed by atoms with Crippen molar-refractivity contribution in [2.24, 2.45) is 11.8 Å². The molecule has 1 aromatic rings. The van der Waals surface area contributed by atoms with Crippen molar-refractivity contribution in [3.8, 4) is 0 Å². The van der Waals surface area contributed by atoms with Gasteiger partial charge in [-0.05, 0) is 36.5 Å². The largest absolute Gasteiger partial charge is 0.206 e. The molecule has 2 atom stereocenters. The predicted octanol–water partition coefficient (Wildman–Crippen LogP) is 4.54. The molecule has 1 fully saturated rings. The first kappa shape index (κ1) is 10.7. The lowest BCUT2D eigenvalue weighted by atomic mass is 10.1. The molecule has 0 heterocycles. The molecular formula is C13H14ClF. The van der Waals surface area contributed by atoms with Gasteiger partial charge in [0.2, 0.25) is 0 Å². The Hall–Kier alpha value is -0.820. The van der Waals surface area contributed by atoms with Crippen LogP contribution in [0.15, 0.2) is 23.8 Å². The van der Waals surface area contributed by atoms with Gasteiger partial charge in [0.05, 0.1) is 5.02 Å². The molecule has 15 heavy (non-hydrogen) atoms. The van der Waals surface area contributed by atoms with E-state index in [1.54, 1.807) is 12.1 Å². The molecule has 1 aliphatic rings. The van der Waals surface area contributed by atoms with E-state index in [1.807, 2.05) is 6.92 Å². The summed E-state index contributed by atoms with van der Waals surface area (Å²) in [6.07, 6.45) is 0. The van der Waals surface area contributed by atoms with Crippen molar-refractivity contribution in [1.82, 2.24) is 0 Å². The summed E-state index contributed by atoms with van der Waals surface area (Å²) in [6, 6.07) is 4.84. The van der Waals surface area contributed by atoms with Crippen molar-refractivity contribution in [1.29, 1.82) is 0 Å². The summed E-state index contributed by atoms with van der Waals surface area (Å²) in [4.78, 5) is 0. The maximum atomic E-state index is 13.6. The van der Waals surface area contributed by atoms with E-state index >= 15 is 0 Å². The molecule has 0 saturated heterocycles. The molecule has 1 aliphatic carbocycles. The highest BCUT2D eigenvalue weighted by atomic mass is 35.5. The fourth-order valence-corrected chi connectivity index (χ4v) is 2.56. The highest BCUT2D eigenvalue weighted by molar-refractivity contribution is 6.32. The van der Waals surface area contributed by atoms with Gasteiger partial charge >= 0.3 is 0 Å². The molecule has 2 unspecified atom stereocenters. The molecule has 80 valence electrons. The van der Waals surface area contributed by atoms with Gasteiger partial charge in [0.15, 0.2) is 0 Å². The molecule has 2 heteroatoms. The summed E-state index contributed by atoms with van der Waals surface area (Å²) >= 11 is 6.02. The standard InChI is InChI=1S/C13H14ClF/c1-7-8(2)12(7)9(3)13-10(14)5-4-6-11(13)15/h4-8H,1-3H3. The first-order valence-corrected chi connectivity index (χ1v) is 5.57. The summed E-state index contributed by atoms with van der Waals surface area (Å²) in [5, 5.41) is 0.506. The van der Waals surface area contributed by atoms with Gasteiger partial charge in [0.1, 0.15) is 5.82 Å². The zero-order chi connectivity index (χ0) is 11.2. The predicted molar refractivity (Wildman–Crippen MR) is 62.3 cm³/mol. The lowest BCUT2D eigenvalue weighted by molar-refractivity contribution is 0.624. The third-order valence-electron chi connectivity index (χ3n) is 3.39. The van der Waals surface area contributed by atoms with Crippen LogP contribution in [0.4, 0.5) is 4.39 Å². The van der Waals surface area contributed by atoms with E-state index in [1.165, 1.54) is 11.6 Å². The molecule has 0 bridgehead atoms. The second kappa shape index (κ2) is 3.64. The number of hydrogen-bond donors (Lipinski definition) is 0. The van der Waals surface area contributed by atoms with Crippen LogP contribution in [-0.4, -0.2) is 0 Å². The average Bonchev–Trinajstić information content (AvgIpc) is 2.74. The van der Waals surface area contributed by atoms with Gasteiger partial charge in [-0.3, -0.25) is 0 Å². The summed E-state index contributed by atoms with van der Waals surface area (Å²) in [5.74, 6) is 0.917. The molecular weight excluding hydrogens is 211 g/mol. The molecule has 0 aromatic heterocycles. The van der Waals surface area contributed by atoms with Crippen LogP contribution in [0.2, 0.25) is 5.02 Å². The maximum absolute atomic E-state index is 13.6. The first-order chi connectivity index (χ1) is 7.04. The third kappa shape index (κ3) is 1.69. The van der Waals surface area contributed by atoms with Crippen molar-refractivity contribution in [2.75, 3.05) is 0 Å². The normalized spacial score (nSPS) is 24.2. The molecule has 0 radical (unpaired) electrons. The lowest BCUT2D eigenvalue weighted by Gasteiger charge is -2.05. The zero-order valence-corrected chi connectivity index (χ0v) is 9.90. The van der Waals surface area contributed by atoms with Crippen molar-refractivity contribution >= 4 is 17.2 Å². The van der Waals surface area contributed by atoms with Crippen molar-refractivity contribution in [3.63, 3.8) is 0 Å². The van der Waals surface area contributed by atoms with Gasteiger partial charge in [-0.2, -0.15) is 0 Å². The van der Waals surface area contributed by atoms with E-state index in [-0.39, 0.29) is 5.82 Å². The number of rotatable bonds is 1. The van der Waals surface area contributed by atoms with Crippen LogP contribution in [0.25, 0.3) is 5.57 Å². The Morgan fingerprint density at radius 1 is 1.27 bits per heavy atom.